The summed E-state index contributed by atoms with van der Waals surface area (Å²) in [5, 5.41) is 0. The van der Waals surface area contributed by atoms with Gasteiger partial charge in [0.05, 0.1) is 6.61 Å². The number of carbonyl (C=O) groups is 1. The first kappa shape index (κ1) is 19.2. The molecule has 0 aliphatic rings. The Morgan fingerprint density at radius 1 is 1.23 bits per heavy atom. The van der Waals surface area contributed by atoms with Gasteiger partial charge in [0.2, 0.25) is 0 Å². The van der Waals surface area contributed by atoms with Gasteiger partial charge in [-0.2, -0.15) is 0 Å². The summed E-state index contributed by atoms with van der Waals surface area (Å²) < 4.78 is 19.3. The molecule has 0 fully saturated rings. The highest BCUT2D eigenvalue weighted by Crippen LogP contribution is 2.20. The number of hydrogen-bond acceptors (Lipinski definition) is 7. The maximum absolute atomic E-state index is 11.0. The van der Waals surface area contributed by atoms with Crippen molar-refractivity contribution in [1.82, 2.24) is 0 Å². The molecule has 0 amide bonds. The summed E-state index contributed by atoms with van der Waals surface area (Å²) in [6.45, 7) is 4.19. The predicted molar refractivity (Wildman–Crippen MR) is 93.7 cm³/mol. The molecule has 7 heteroatoms. The summed E-state index contributed by atoms with van der Waals surface area (Å²) in [6, 6.07) is 7.65. The second kappa shape index (κ2) is 12.6. The van der Waals surface area contributed by atoms with Crippen LogP contribution in [0, 0.1) is 0 Å². The van der Waals surface area contributed by atoms with E-state index in [-0.39, 0.29) is 12.4 Å². The van der Waals surface area contributed by atoms with Gasteiger partial charge >= 0.3 is 0 Å². The van der Waals surface area contributed by atoms with Crippen molar-refractivity contribution in [2.75, 3.05) is 37.8 Å². The second-order valence-corrected chi connectivity index (χ2v) is 5.41. The molecule has 5 nitrogen and oxygen atoms in total. The first-order chi connectivity index (χ1) is 10.8. The SMILES string of the molecule is CCC(=O)COCCCOCCOc1cccc(NSS)c1. The van der Waals surface area contributed by atoms with Crippen molar-refractivity contribution in [1.29, 1.82) is 0 Å². The van der Waals surface area contributed by atoms with E-state index in [1.54, 1.807) is 0 Å². The molecule has 22 heavy (non-hydrogen) atoms. The smallest absolute Gasteiger partial charge is 0.158 e. The minimum Gasteiger partial charge on any atom is -0.491 e. The maximum Gasteiger partial charge on any atom is 0.158 e. The van der Waals surface area contributed by atoms with Gasteiger partial charge in [0.15, 0.2) is 5.78 Å². The number of benzene rings is 1. The van der Waals surface area contributed by atoms with Crippen LogP contribution in [-0.4, -0.2) is 38.8 Å². The van der Waals surface area contributed by atoms with Gasteiger partial charge in [-0.1, -0.05) is 24.7 Å². The summed E-state index contributed by atoms with van der Waals surface area (Å²) in [6.07, 6.45) is 1.30. The topological polar surface area (TPSA) is 56.8 Å². The van der Waals surface area contributed by atoms with E-state index in [0.717, 1.165) is 17.9 Å². The van der Waals surface area contributed by atoms with Crippen molar-refractivity contribution >= 4 is 34.1 Å². The van der Waals surface area contributed by atoms with Crippen molar-refractivity contribution in [2.24, 2.45) is 0 Å². The standard InChI is InChI=1S/C15H23NO4S2/c1-2-14(17)12-19-8-4-7-18-9-10-20-15-6-3-5-13(11-15)16-22-21/h3,5-6,11,16,21H,2,4,7-10,12H2,1H3. The van der Waals surface area contributed by atoms with Gasteiger partial charge < -0.3 is 18.9 Å². The van der Waals surface area contributed by atoms with Crippen LogP contribution in [0.25, 0.3) is 0 Å². The van der Waals surface area contributed by atoms with Gasteiger partial charge in [-0.15, -0.1) is 0 Å². The molecular weight excluding hydrogens is 322 g/mol. The summed E-state index contributed by atoms with van der Waals surface area (Å²) in [7, 11) is 1.24. The zero-order chi connectivity index (χ0) is 16.0. The minimum atomic E-state index is 0.127. The molecule has 0 aliphatic heterocycles. The molecule has 0 bridgehead atoms. The molecule has 0 heterocycles. The first-order valence-electron chi connectivity index (χ1n) is 7.22. The van der Waals surface area contributed by atoms with Gasteiger partial charge in [0, 0.05) is 42.4 Å². The molecule has 0 aromatic heterocycles. The lowest BCUT2D eigenvalue weighted by molar-refractivity contribution is -0.123. The average molecular weight is 345 g/mol. The lowest BCUT2D eigenvalue weighted by atomic mass is 10.3. The third kappa shape index (κ3) is 9.19. The Kier molecular flexibility index (Phi) is 11.0. The Morgan fingerprint density at radius 2 is 2.05 bits per heavy atom. The fourth-order valence-electron chi connectivity index (χ4n) is 1.57. The summed E-state index contributed by atoms with van der Waals surface area (Å²) in [4.78, 5) is 11.0. The molecule has 0 spiro atoms. The largest absolute Gasteiger partial charge is 0.491 e. The Hall–Kier alpha value is -0.890. The number of nitrogens with one attached hydrogen (secondary N) is 1. The van der Waals surface area contributed by atoms with Crippen LogP contribution in [-0.2, 0) is 14.3 Å². The van der Waals surface area contributed by atoms with Crippen LogP contribution in [0.5, 0.6) is 5.75 Å². The van der Waals surface area contributed by atoms with Crippen LogP contribution in [0.15, 0.2) is 24.3 Å². The van der Waals surface area contributed by atoms with E-state index in [0.29, 0.717) is 32.8 Å². The number of thiol groups is 1. The van der Waals surface area contributed by atoms with Crippen molar-refractivity contribution in [2.45, 2.75) is 19.8 Å². The lowest BCUT2D eigenvalue weighted by Crippen LogP contribution is -2.11. The molecule has 0 saturated carbocycles. The van der Waals surface area contributed by atoms with Crippen molar-refractivity contribution in [3.05, 3.63) is 24.3 Å². The van der Waals surface area contributed by atoms with Gasteiger partial charge in [-0.25, -0.2) is 0 Å². The Bertz CT molecular complexity index is 432. The van der Waals surface area contributed by atoms with Crippen LogP contribution >= 0.6 is 22.6 Å². The summed E-state index contributed by atoms with van der Waals surface area (Å²) in [5.41, 5.74) is 0.942. The Labute approximate surface area is 141 Å². The maximum atomic E-state index is 11.0. The van der Waals surface area contributed by atoms with Crippen molar-refractivity contribution in [3.63, 3.8) is 0 Å². The van der Waals surface area contributed by atoms with E-state index < -0.39 is 0 Å². The van der Waals surface area contributed by atoms with Gasteiger partial charge in [0.1, 0.15) is 19.0 Å². The van der Waals surface area contributed by atoms with E-state index in [2.05, 4.69) is 16.4 Å². The molecule has 1 aromatic rings. The van der Waals surface area contributed by atoms with Crippen molar-refractivity contribution < 1.29 is 19.0 Å². The molecule has 1 aromatic carbocycles. The van der Waals surface area contributed by atoms with Crippen LogP contribution in [0.2, 0.25) is 0 Å². The third-order valence-electron chi connectivity index (χ3n) is 2.73. The number of ether oxygens (including phenoxy) is 3. The molecule has 0 atom stereocenters. The lowest BCUT2D eigenvalue weighted by Gasteiger charge is -2.09. The van der Waals surface area contributed by atoms with Gasteiger partial charge in [-0.3, -0.25) is 4.79 Å². The third-order valence-corrected chi connectivity index (χ3v) is 3.33. The number of hydrogen-bond donors (Lipinski definition) is 2. The highest BCUT2D eigenvalue weighted by atomic mass is 33.1. The van der Waals surface area contributed by atoms with Crippen molar-refractivity contribution in [3.8, 4) is 5.75 Å². The van der Waals surface area contributed by atoms with E-state index >= 15 is 0 Å². The molecule has 1 N–H and O–H groups in total. The zero-order valence-electron chi connectivity index (χ0n) is 12.7. The van der Waals surface area contributed by atoms with E-state index in [1.807, 2.05) is 31.2 Å². The normalized spacial score (nSPS) is 10.5. The van der Waals surface area contributed by atoms with Gasteiger partial charge in [0.25, 0.3) is 0 Å². The Balaban J connectivity index is 1.99. The summed E-state index contributed by atoms with van der Waals surface area (Å²) in [5.74, 6) is 0.916. The molecular formula is C15H23NO4S2. The van der Waals surface area contributed by atoms with Crippen LogP contribution in [0.4, 0.5) is 5.69 Å². The molecule has 124 valence electrons. The molecule has 0 saturated heterocycles. The first-order valence-corrected chi connectivity index (χ1v) is 9.09. The fourth-order valence-corrected chi connectivity index (χ4v) is 2.12. The molecule has 1 rings (SSSR count). The van der Waals surface area contributed by atoms with Crippen LogP contribution in [0.3, 0.4) is 0 Å². The molecule has 0 unspecified atom stereocenters. The van der Waals surface area contributed by atoms with E-state index in [4.69, 9.17) is 14.2 Å². The van der Waals surface area contributed by atoms with Gasteiger partial charge in [-0.05, 0) is 18.6 Å². The minimum absolute atomic E-state index is 0.127. The highest BCUT2D eigenvalue weighted by molar-refractivity contribution is 8.69. The predicted octanol–water partition coefficient (Wildman–Crippen LogP) is 3.37. The second-order valence-electron chi connectivity index (χ2n) is 4.48. The molecule has 0 radical (unpaired) electrons. The molecule has 0 aliphatic carbocycles. The number of Topliss-reactive ketones (excluding diaryl/α,β-unsaturated/α-hetero) is 1. The number of carbonyl (C=O) groups excluding carboxylic acids is 1. The summed E-state index contributed by atoms with van der Waals surface area (Å²) >= 11 is 4.03. The van der Waals surface area contributed by atoms with Crippen LogP contribution < -0.4 is 9.46 Å². The number of anilines is 1. The Morgan fingerprint density at radius 3 is 2.82 bits per heavy atom. The zero-order valence-corrected chi connectivity index (χ0v) is 14.5. The number of rotatable bonds is 13. The number of ketones is 1. The van der Waals surface area contributed by atoms with E-state index in [9.17, 15) is 4.79 Å². The fraction of sp³-hybridized carbons (Fsp3) is 0.533. The van der Waals surface area contributed by atoms with E-state index in [1.165, 1.54) is 11.0 Å². The van der Waals surface area contributed by atoms with Crippen LogP contribution in [0.1, 0.15) is 19.8 Å². The highest BCUT2D eigenvalue weighted by Gasteiger charge is 1.98. The quantitative estimate of drug-likeness (QED) is 0.247. The monoisotopic (exact) mass is 345 g/mol. The average Bonchev–Trinajstić information content (AvgIpc) is 2.53.